The second kappa shape index (κ2) is 27.1. The molecule has 0 atom stereocenters. The van der Waals surface area contributed by atoms with Crippen LogP contribution in [0.1, 0.15) is 74.9 Å². The van der Waals surface area contributed by atoms with Crippen LogP contribution in [0.25, 0.3) is 65.7 Å². The van der Waals surface area contributed by atoms with Crippen molar-refractivity contribution in [3.8, 4) is 50.6 Å². The van der Waals surface area contributed by atoms with Gasteiger partial charge in [-0.1, -0.05) is 205 Å². The number of hydrogen-bond acceptors (Lipinski definition) is 10. The van der Waals surface area contributed by atoms with Gasteiger partial charge in [-0.3, -0.25) is 4.90 Å². The zero-order valence-corrected chi connectivity index (χ0v) is 70.5. The normalized spacial score (nSPS) is 14.3. The molecule has 0 unspecified atom stereocenters. The number of fused-ring (bicyclic) bond motifs is 15. The van der Waals surface area contributed by atoms with Crippen LogP contribution < -0.4 is 48.5 Å². The third-order valence-corrected chi connectivity index (χ3v) is 27.5. The summed E-state index contributed by atoms with van der Waals surface area (Å²) in [6, 6.07) is 136. The quantitative estimate of drug-likeness (QED) is 0.0992. The molecular formula is C114H87N7O3. The molecule has 0 saturated carbocycles. The lowest BCUT2D eigenvalue weighted by atomic mass is 9.78. The van der Waals surface area contributed by atoms with Gasteiger partial charge in [0, 0.05) is 101 Å². The van der Waals surface area contributed by atoms with Crippen LogP contribution in [-0.4, -0.2) is 21.3 Å². The first-order chi connectivity index (χ1) is 60.6. The molecule has 0 amide bonds. The molecule has 0 N–H and O–H groups in total. The molecule has 0 saturated heterocycles. The lowest BCUT2D eigenvalue weighted by molar-refractivity contribution is 0.414. The van der Waals surface area contributed by atoms with Crippen molar-refractivity contribution < 1.29 is 14.2 Å². The highest BCUT2D eigenvalue weighted by atomic mass is 16.5. The standard InChI is InChI=1S/C114H87N7O3/c1-112(2)94-64-85(115(79-43-52-88(122-7)53-44-79)82-40-37-70-25-19-22-28-73(70)61-82)49-58-91(94)103-97(112)67-100-106-109(103)119(77-33-15-11-16-34-77)101-68-98-105(93-60-51-87(66-96(93)113(98,3)4)117(81-47-56-90(124-9)57-48-81)84-42-39-72-27-21-24-30-75(72)63-84)111-107(101)121(106)108-102(120(111)78-35-17-12-18-36-78)69-99-104(110(108)118(100)76-31-13-10-14-32-76)92-59-50-86(65-95(92)114(99,5)6)116(80-45-54-89(123-8)55-46-80)83-41-38-71-26-20-23-29-74(71)62-83/h10-69H,1-9H3. The molecule has 6 aliphatic rings. The molecule has 0 radical (unpaired) electrons. The van der Waals surface area contributed by atoms with E-state index < -0.39 is 16.2 Å². The van der Waals surface area contributed by atoms with Crippen molar-refractivity contribution >= 4 is 152 Å². The average Bonchev–Trinajstić information content (AvgIpc) is 1.26. The number of para-hydroxylation sites is 3. The Bertz CT molecular complexity index is 6790. The summed E-state index contributed by atoms with van der Waals surface area (Å²) in [4.78, 5) is 18.1. The molecule has 124 heavy (non-hydrogen) atoms. The third kappa shape index (κ3) is 10.6. The van der Waals surface area contributed by atoms with Crippen molar-refractivity contribution in [3.05, 3.63) is 397 Å². The number of benzene rings is 18. The van der Waals surface area contributed by atoms with Gasteiger partial charge in [0.25, 0.3) is 0 Å². The Balaban J connectivity index is 0.803. The minimum atomic E-state index is -0.578. The number of nitrogens with zero attached hydrogens (tertiary/aromatic N) is 7. The van der Waals surface area contributed by atoms with Crippen LogP contribution in [-0.2, 0) is 16.2 Å². The summed E-state index contributed by atoms with van der Waals surface area (Å²) in [6.45, 7) is 14.8. The van der Waals surface area contributed by atoms with Gasteiger partial charge < -0.3 is 43.6 Å². The van der Waals surface area contributed by atoms with Crippen molar-refractivity contribution in [3.63, 3.8) is 0 Å². The van der Waals surface area contributed by atoms with E-state index in [1.165, 1.54) is 99.1 Å². The first kappa shape index (κ1) is 72.7. The molecule has 596 valence electrons. The molecule has 10 nitrogen and oxygen atoms in total. The lowest BCUT2D eigenvalue weighted by Gasteiger charge is -2.53. The van der Waals surface area contributed by atoms with Crippen LogP contribution in [0.3, 0.4) is 0 Å². The fourth-order valence-corrected chi connectivity index (χ4v) is 21.4. The van der Waals surface area contributed by atoms with Crippen LogP contribution in [0.5, 0.6) is 17.2 Å². The predicted molar refractivity (Wildman–Crippen MR) is 515 cm³/mol. The van der Waals surface area contributed by atoms with Crippen LogP contribution in [0.15, 0.2) is 364 Å². The summed E-state index contributed by atoms with van der Waals surface area (Å²) in [6.07, 6.45) is 0. The molecule has 3 aliphatic heterocycles. The number of ether oxygens (including phenoxy) is 3. The number of rotatable bonds is 15. The van der Waals surface area contributed by atoms with Gasteiger partial charge in [0.1, 0.15) is 17.2 Å². The Morgan fingerprint density at radius 3 is 0.702 bits per heavy atom. The van der Waals surface area contributed by atoms with Gasteiger partial charge in [0.05, 0.1) is 72.5 Å². The Hall–Kier alpha value is -15.3. The largest absolute Gasteiger partial charge is 0.497 e. The van der Waals surface area contributed by atoms with Crippen molar-refractivity contribution in [1.29, 1.82) is 0 Å². The van der Waals surface area contributed by atoms with Crippen molar-refractivity contribution in [2.45, 2.75) is 57.8 Å². The van der Waals surface area contributed by atoms with E-state index in [9.17, 15) is 0 Å². The van der Waals surface area contributed by atoms with E-state index in [2.05, 4.69) is 440 Å². The highest BCUT2D eigenvalue weighted by Crippen LogP contribution is 2.78. The maximum atomic E-state index is 5.84. The van der Waals surface area contributed by atoms with Gasteiger partial charge in [0.2, 0.25) is 0 Å². The maximum absolute atomic E-state index is 5.84. The molecule has 18 aromatic carbocycles. The van der Waals surface area contributed by atoms with Gasteiger partial charge in [0.15, 0.2) is 0 Å². The summed E-state index contributed by atoms with van der Waals surface area (Å²) >= 11 is 0. The number of hydrogen-bond donors (Lipinski definition) is 0. The third-order valence-electron chi connectivity index (χ3n) is 27.5. The SMILES string of the molecule is COc1ccc(N(c2ccc3c(c2)C(C)(C)c2cc4c5c(c2-3)N(c2ccccc2)c2cc3c(c6c2N5c2c(cc5c(c2N4c2ccccc2)-c2ccc(N(c4ccc(OC)cc4)c4ccc7ccccc7c4)cc2C5(C)C)N6c2ccccc2)-c2ccc(N(c4ccc(OC)cc4)c4ccc5ccccc5c4)cc2C3(C)C)c2ccc3ccccc3c2)cc1. The van der Waals surface area contributed by atoms with Crippen LogP contribution in [0, 0.1) is 0 Å². The fraction of sp³-hybridized carbons (Fsp3) is 0.105. The van der Waals surface area contributed by atoms with Gasteiger partial charge >= 0.3 is 0 Å². The molecule has 24 rings (SSSR count). The minimum absolute atomic E-state index is 0.578. The van der Waals surface area contributed by atoms with Gasteiger partial charge in [-0.15, -0.1) is 0 Å². The molecule has 0 spiro atoms. The predicted octanol–water partition coefficient (Wildman–Crippen LogP) is 31.3. The van der Waals surface area contributed by atoms with E-state index in [0.717, 1.165) is 137 Å². The molecule has 0 bridgehead atoms. The number of anilines is 21. The minimum Gasteiger partial charge on any atom is -0.497 e. The van der Waals surface area contributed by atoms with Crippen LogP contribution in [0.4, 0.5) is 119 Å². The van der Waals surface area contributed by atoms with Crippen molar-refractivity contribution in [2.24, 2.45) is 0 Å². The molecule has 10 heteroatoms. The maximum Gasteiger partial charge on any atom is 0.119 e. The number of methoxy groups -OCH3 is 3. The summed E-state index contributed by atoms with van der Waals surface area (Å²) in [7, 11) is 5.21. The molecule has 18 aromatic rings. The summed E-state index contributed by atoms with van der Waals surface area (Å²) in [5.41, 5.74) is 35.6. The van der Waals surface area contributed by atoms with E-state index in [1.807, 2.05) is 0 Å². The monoisotopic (exact) mass is 1600 g/mol. The zero-order valence-electron chi connectivity index (χ0n) is 70.5. The lowest BCUT2D eigenvalue weighted by Crippen LogP contribution is -2.37. The fourth-order valence-electron chi connectivity index (χ4n) is 21.4. The Morgan fingerprint density at radius 1 is 0.202 bits per heavy atom. The average molecular weight is 1600 g/mol. The van der Waals surface area contributed by atoms with Crippen LogP contribution in [0.2, 0.25) is 0 Å². The van der Waals surface area contributed by atoms with Gasteiger partial charge in [-0.05, 0) is 283 Å². The van der Waals surface area contributed by atoms with E-state index in [0.29, 0.717) is 0 Å². The van der Waals surface area contributed by atoms with E-state index in [-0.39, 0.29) is 0 Å². The van der Waals surface area contributed by atoms with E-state index in [4.69, 9.17) is 14.2 Å². The summed E-state index contributed by atoms with van der Waals surface area (Å²) in [5, 5.41) is 7.08. The molecule has 0 aromatic heterocycles. The Kier molecular flexibility index (Phi) is 15.9. The van der Waals surface area contributed by atoms with Crippen molar-refractivity contribution in [1.82, 2.24) is 0 Å². The summed E-state index contributed by atoms with van der Waals surface area (Å²) in [5.74, 6) is 2.41. The second-order valence-electron chi connectivity index (χ2n) is 35.2. The van der Waals surface area contributed by atoms with Crippen molar-refractivity contribution in [2.75, 3.05) is 55.6 Å². The topological polar surface area (TPSA) is 50.4 Å². The molecular weight excluding hydrogens is 1520 g/mol. The van der Waals surface area contributed by atoms with Gasteiger partial charge in [-0.25, -0.2) is 0 Å². The first-order valence-electron chi connectivity index (χ1n) is 42.9. The highest BCUT2D eigenvalue weighted by molar-refractivity contribution is 6.27. The Labute approximate surface area is 722 Å². The van der Waals surface area contributed by atoms with Crippen LogP contribution >= 0.6 is 0 Å². The zero-order chi connectivity index (χ0) is 83.3. The summed E-state index contributed by atoms with van der Waals surface area (Å²) < 4.78 is 17.5. The van der Waals surface area contributed by atoms with E-state index in [1.54, 1.807) is 21.3 Å². The second-order valence-corrected chi connectivity index (χ2v) is 35.2. The molecule has 3 aliphatic carbocycles. The molecule has 0 fully saturated rings. The highest BCUT2D eigenvalue weighted by Gasteiger charge is 2.56. The Morgan fingerprint density at radius 2 is 0.435 bits per heavy atom. The molecule has 3 heterocycles. The first-order valence-corrected chi connectivity index (χ1v) is 42.9. The smallest absolute Gasteiger partial charge is 0.119 e. The van der Waals surface area contributed by atoms with Gasteiger partial charge in [-0.2, -0.15) is 0 Å². The van der Waals surface area contributed by atoms with E-state index >= 15 is 0 Å².